The molecule has 1 amide bonds. The summed E-state index contributed by atoms with van der Waals surface area (Å²) in [6.07, 6.45) is 2.27. The van der Waals surface area contributed by atoms with E-state index in [0.717, 1.165) is 11.1 Å². The summed E-state index contributed by atoms with van der Waals surface area (Å²) in [4.78, 5) is 12.2. The van der Waals surface area contributed by atoms with Gasteiger partial charge >= 0.3 is 0 Å². The van der Waals surface area contributed by atoms with Crippen LogP contribution in [0.2, 0.25) is 5.02 Å². The Kier molecular flexibility index (Phi) is 7.38. The zero-order valence-corrected chi connectivity index (χ0v) is 17.3. The van der Waals surface area contributed by atoms with Gasteiger partial charge in [0.1, 0.15) is 0 Å². The van der Waals surface area contributed by atoms with Gasteiger partial charge in [0.15, 0.2) is 0 Å². The van der Waals surface area contributed by atoms with Crippen LogP contribution in [0.1, 0.15) is 17.5 Å². The quantitative estimate of drug-likeness (QED) is 0.534. The maximum absolute atomic E-state index is 12.6. The lowest BCUT2D eigenvalue weighted by atomic mass is 10.1. The molecule has 1 saturated heterocycles. The van der Waals surface area contributed by atoms with Gasteiger partial charge in [-0.05, 0) is 41.8 Å². The van der Waals surface area contributed by atoms with Crippen molar-refractivity contribution in [1.29, 1.82) is 0 Å². The number of ether oxygens (including phenoxy) is 1. The Balaban J connectivity index is 1.49. The van der Waals surface area contributed by atoms with Crippen LogP contribution in [0.25, 0.3) is 0 Å². The van der Waals surface area contributed by atoms with Gasteiger partial charge in [-0.2, -0.15) is 9.41 Å². The number of nitrogens with zero attached hydrogens (tertiary/aromatic N) is 2. The summed E-state index contributed by atoms with van der Waals surface area (Å²) >= 11 is 5.81. The molecule has 9 heteroatoms. The number of benzene rings is 2. The molecule has 0 saturated carbocycles. The zero-order valence-electron chi connectivity index (χ0n) is 15.8. The predicted molar refractivity (Wildman–Crippen MR) is 112 cm³/mol. The van der Waals surface area contributed by atoms with Gasteiger partial charge in [-0.3, -0.25) is 4.79 Å². The van der Waals surface area contributed by atoms with E-state index in [0.29, 0.717) is 37.7 Å². The summed E-state index contributed by atoms with van der Waals surface area (Å²) in [5.41, 5.74) is 4.18. The lowest BCUT2D eigenvalue weighted by Crippen LogP contribution is -2.40. The van der Waals surface area contributed by atoms with Crippen LogP contribution in [0.3, 0.4) is 0 Å². The average Bonchev–Trinajstić information content (AvgIpc) is 2.74. The molecule has 0 atom stereocenters. The van der Waals surface area contributed by atoms with Crippen molar-refractivity contribution in [2.75, 3.05) is 26.3 Å². The van der Waals surface area contributed by atoms with E-state index < -0.39 is 10.0 Å². The van der Waals surface area contributed by atoms with Gasteiger partial charge in [-0.15, -0.1) is 0 Å². The first-order valence-electron chi connectivity index (χ1n) is 9.19. The Morgan fingerprint density at radius 1 is 1.10 bits per heavy atom. The molecule has 0 aliphatic carbocycles. The molecule has 1 aliphatic heterocycles. The van der Waals surface area contributed by atoms with Crippen LogP contribution in [-0.4, -0.2) is 51.1 Å². The van der Waals surface area contributed by atoms with Crippen molar-refractivity contribution >= 4 is 33.7 Å². The van der Waals surface area contributed by atoms with Crippen molar-refractivity contribution in [3.63, 3.8) is 0 Å². The van der Waals surface area contributed by atoms with E-state index in [2.05, 4.69) is 10.5 Å². The number of rotatable bonds is 7. The molecule has 29 heavy (non-hydrogen) atoms. The van der Waals surface area contributed by atoms with Gasteiger partial charge in [0, 0.05) is 24.5 Å². The largest absolute Gasteiger partial charge is 0.379 e. The molecule has 2 aromatic carbocycles. The van der Waals surface area contributed by atoms with Crippen LogP contribution in [0.4, 0.5) is 0 Å². The molecule has 2 aromatic rings. The minimum atomic E-state index is -3.50. The second-order valence-corrected chi connectivity index (χ2v) is 8.88. The number of halogens is 1. The van der Waals surface area contributed by atoms with Crippen molar-refractivity contribution in [2.45, 2.75) is 17.7 Å². The minimum Gasteiger partial charge on any atom is -0.379 e. The first-order valence-corrected chi connectivity index (χ1v) is 11.0. The third-order valence-electron chi connectivity index (χ3n) is 4.44. The zero-order chi connectivity index (χ0) is 20.7. The number of hydrogen-bond acceptors (Lipinski definition) is 5. The Morgan fingerprint density at radius 2 is 1.76 bits per heavy atom. The van der Waals surface area contributed by atoms with Gasteiger partial charge in [-0.1, -0.05) is 35.9 Å². The number of sulfonamides is 1. The molecule has 1 fully saturated rings. The van der Waals surface area contributed by atoms with Gasteiger partial charge in [-0.25, -0.2) is 13.8 Å². The fraction of sp³-hybridized carbons (Fsp3) is 0.300. The highest BCUT2D eigenvalue weighted by Crippen LogP contribution is 2.18. The highest BCUT2D eigenvalue weighted by atomic mass is 35.5. The first kappa shape index (κ1) is 21.4. The molecular formula is C20H22ClN3O4S. The Bertz CT molecular complexity index is 954. The number of carbonyl (C=O) groups excluding carboxylic acids is 1. The summed E-state index contributed by atoms with van der Waals surface area (Å²) in [7, 11) is -3.50. The van der Waals surface area contributed by atoms with Crippen LogP contribution >= 0.6 is 11.6 Å². The fourth-order valence-corrected chi connectivity index (χ4v) is 4.34. The van der Waals surface area contributed by atoms with E-state index in [1.54, 1.807) is 54.7 Å². The summed E-state index contributed by atoms with van der Waals surface area (Å²) < 4.78 is 31.8. The molecule has 1 aliphatic rings. The van der Waals surface area contributed by atoms with E-state index in [4.69, 9.17) is 16.3 Å². The number of amides is 1. The summed E-state index contributed by atoms with van der Waals surface area (Å²) in [6, 6.07) is 13.7. The van der Waals surface area contributed by atoms with E-state index >= 15 is 0 Å². The van der Waals surface area contributed by atoms with Gasteiger partial charge in [0.05, 0.1) is 24.3 Å². The van der Waals surface area contributed by atoms with E-state index in [-0.39, 0.29) is 17.2 Å². The van der Waals surface area contributed by atoms with Gasteiger partial charge in [0.25, 0.3) is 0 Å². The van der Waals surface area contributed by atoms with Crippen LogP contribution in [-0.2, 0) is 26.0 Å². The fourth-order valence-electron chi connectivity index (χ4n) is 2.81. The van der Waals surface area contributed by atoms with Crippen molar-refractivity contribution in [1.82, 2.24) is 9.73 Å². The predicted octanol–water partition coefficient (Wildman–Crippen LogP) is 2.44. The topological polar surface area (TPSA) is 88.1 Å². The number of hydrogen-bond donors (Lipinski definition) is 1. The standard InChI is InChI=1S/C20H22ClN3O4S/c21-18-6-1-17(2-7-18)15-22-23-20(25)10-5-16-3-8-19(9-4-16)29(26,27)24-11-13-28-14-12-24/h1-4,6-9,15H,5,10-14H2,(H,23,25)/b22-15+. The molecule has 7 nitrogen and oxygen atoms in total. The number of morpholine rings is 1. The molecule has 0 unspecified atom stereocenters. The third kappa shape index (κ3) is 6.11. The molecule has 0 bridgehead atoms. The Labute approximate surface area is 175 Å². The molecule has 0 spiro atoms. The Hall–Kier alpha value is -2.26. The van der Waals surface area contributed by atoms with Crippen molar-refractivity contribution in [2.24, 2.45) is 5.10 Å². The normalized spacial score (nSPS) is 15.5. The SMILES string of the molecule is O=C(CCc1ccc(S(=O)(=O)N2CCOCC2)cc1)N/N=C/c1ccc(Cl)cc1. The van der Waals surface area contributed by atoms with Crippen molar-refractivity contribution < 1.29 is 17.9 Å². The Morgan fingerprint density at radius 3 is 2.41 bits per heavy atom. The highest BCUT2D eigenvalue weighted by Gasteiger charge is 2.26. The summed E-state index contributed by atoms with van der Waals surface area (Å²) in [6.45, 7) is 1.54. The smallest absolute Gasteiger partial charge is 0.243 e. The van der Waals surface area contributed by atoms with Crippen molar-refractivity contribution in [3.8, 4) is 0 Å². The third-order valence-corrected chi connectivity index (χ3v) is 6.61. The second kappa shape index (κ2) is 9.98. The minimum absolute atomic E-state index is 0.222. The number of carbonyl (C=O) groups is 1. The molecule has 154 valence electrons. The van der Waals surface area contributed by atoms with Crippen molar-refractivity contribution in [3.05, 3.63) is 64.7 Å². The molecular weight excluding hydrogens is 414 g/mol. The molecule has 0 aromatic heterocycles. The summed E-state index contributed by atoms with van der Waals surface area (Å²) in [5, 5.41) is 4.55. The number of aryl methyl sites for hydroxylation is 1. The number of nitrogens with one attached hydrogen (secondary N) is 1. The maximum Gasteiger partial charge on any atom is 0.243 e. The van der Waals surface area contributed by atoms with Crippen LogP contribution in [0, 0.1) is 0 Å². The van der Waals surface area contributed by atoms with Crippen LogP contribution in [0.15, 0.2) is 58.5 Å². The lowest BCUT2D eigenvalue weighted by molar-refractivity contribution is -0.121. The molecule has 0 radical (unpaired) electrons. The average molecular weight is 436 g/mol. The maximum atomic E-state index is 12.6. The second-order valence-electron chi connectivity index (χ2n) is 6.51. The lowest BCUT2D eigenvalue weighted by Gasteiger charge is -2.26. The monoisotopic (exact) mass is 435 g/mol. The highest BCUT2D eigenvalue weighted by molar-refractivity contribution is 7.89. The molecule has 3 rings (SSSR count). The first-order chi connectivity index (χ1) is 13.9. The van der Waals surface area contributed by atoms with Crippen LogP contribution in [0.5, 0.6) is 0 Å². The van der Waals surface area contributed by atoms with Crippen LogP contribution < -0.4 is 5.43 Å². The van der Waals surface area contributed by atoms with Gasteiger partial charge in [0.2, 0.25) is 15.9 Å². The molecule has 1 N–H and O–H groups in total. The van der Waals surface area contributed by atoms with E-state index in [1.807, 2.05) is 0 Å². The van der Waals surface area contributed by atoms with Gasteiger partial charge < -0.3 is 4.74 Å². The number of hydrazone groups is 1. The summed E-state index contributed by atoms with van der Waals surface area (Å²) in [5.74, 6) is -0.222. The molecule has 1 heterocycles. The van der Waals surface area contributed by atoms with E-state index in [1.165, 1.54) is 4.31 Å². The van der Waals surface area contributed by atoms with E-state index in [9.17, 15) is 13.2 Å².